The van der Waals surface area contributed by atoms with E-state index in [-0.39, 0.29) is 5.43 Å². The van der Waals surface area contributed by atoms with Gasteiger partial charge < -0.3 is 4.98 Å². The summed E-state index contributed by atoms with van der Waals surface area (Å²) in [6, 6.07) is 8.28. The van der Waals surface area contributed by atoms with Gasteiger partial charge >= 0.3 is 0 Å². The lowest BCUT2D eigenvalue weighted by atomic mass is 9.82. The largest absolute Gasteiger partial charge is 0.341 e. The van der Waals surface area contributed by atoms with Crippen molar-refractivity contribution >= 4 is 11.0 Å². The molecule has 4 rings (SSSR count). The fraction of sp³-hybridized carbons (Fsp3) is 0.364. The second-order valence-corrected chi connectivity index (χ2v) is 6.94. The van der Waals surface area contributed by atoms with Gasteiger partial charge in [0, 0.05) is 24.1 Å². The van der Waals surface area contributed by atoms with Crippen LogP contribution in [0.4, 0.5) is 0 Å². The molecule has 0 amide bonds. The van der Waals surface area contributed by atoms with Crippen LogP contribution in [0.15, 0.2) is 42.2 Å². The van der Waals surface area contributed by atoms with Crippen molar-refractivity contribution in [2.75, 3.05) is 0 Å². The summed E-state index contributed by atoms with van der Waals surface area (Å²) in [6.07, 6.45) is 5.31. The number of aromatic nitrogens is 3. The molecule has 0 atom stereocenters. The van der Waals surface area contributed by atoms with Crippen LogP contribution in [-0.2, 0) is 12.8 Å². The molecule has 1 aliphatic rings. The van der Waals surface area contributed by atoms with Crippen LogP contribution < -0.4 is 5.43 Å². The molecule has 136 valence electrons. The number of benzene rings is 1. The first-order chi connectivity index (χ1) is 12.7. The van der Waals surface area contributed by atoms with Gasteiger partial charge in [0.15, 0.2) is 11.1 Å². The maximum atomic E-state index is 12.6. The van der Waals surface area contributed by atoms with Gasteiger partial charge in [-0.2, -0.15) is 5.10 Å². The summed E-state index contributed by atoms with van der Waals surface area (Å²) in [5.41, 5.74) is 6.63. The molecule has 4 heteroatoms. The van der Waals surface area contributed by atoms with Crippen molar-refractivity contribution < 1.29 is 0 Å². The van der Waals surface area contributed by atoms with E-state index >= 15 is 0 Å². The molecular weight excluding hydrogens is 322 g/mol. The average molecular weight is 349 g/mol. The van der Waals surface area contributed by atoms with Gasteiger partial charge in [0.2, 0.25) is 0 Å². The average Bonchev–Trinajstić information content (AvgIpc) is 3.01. The molecule has 3 aromatic rings. The number of rotatable bonds is 4. The summed E-state index contributed by atoms with van der Waals surface area (Å²) in [5, 5.41) is 8.20. The molecule has 4 nitrogen and oxygen atoms in total. The maximum absolute atomic E-state index is 12.6. The SMILES string of the molecule is C=C.CCc1cc(Cc2cc(=O)c3c(C4CCC4)[nH]nc3[nH]2)ccc1C. The monoisotopic (exact) mass is 349 g/mol. The lowest BCUT2D eigenvalue weighted by Crippen LogP contribution is -2.13. The Morgan fingerprint density at radius 2 is 2.00 bits per heavy atom. The van der Waals surface area contributed by atoms with Crippen molar-refractivity contribution in [1.82, 2.24) is 15.2 Å². The summed E-state index contributed by atoms with van der Waals surface area (Å²) in [4.78, 5) is 16.0. The van der Waals surface area contributed by atoms with Crippen LogP contribution in [0.1, 0.15) is 60.2 Å². The Kier molecular flexibility index (Phi) is 5.40. The number of aromatic amines is 2. The Bertz CT molecular complexity index is 963. The van der Waals surface area contributed by atoms with Crippen LogP contribution in [0, 0.1) is 6.92 Å². The molecule has 1 fully saturated rings. The third-order valence-corrected chi connectivity index (χ3v) is 5.33. The van der Waals surface area contributed by atoms with E-state index < -0.39 is 0 Å². The molecule has 2 heterocycles. The number of aryl methyl sites for hydroxylation is 2. The Hall–Kier alpha value is -2.62. The van der Waals surface area contributed by atoms with Gasteiger partial charge in [-0.1, -0.05) is 31.5 Å². The Balaban J connectivity index is 0.000000948. The van der Waals surface area contributed by atoms with Gasteiger partial charge in [0.05, 0.1) is 11.1 Å². The van der Waals surface area contributed by atoms with Crippen LogP contribution in [0.2, 0.25) is 0 Å². The first kappa shape index (κ1) is 18.2. The topological polar surface area (TPSA) is 61.5 Å². The molecule has 1 aromatic carbocycles. The van der Waals surface area contributed by atoms with Crippen molar-refractivity contribution in [3.8, 4) is 0 Å². The summed E-state index contributed by atoms with van der Waals surface area (Å²) >= 11 is 0. The van der Waals surface area contributed by atoms with E-state index in [2.05, 4.69) is 60.4 Å². The molecule has 26 heavy (non-hydrogen) atoms. The minimum Gasteiger partial charge on any atom is -0.341 e. The van der Waals surface area contributed by atoms with Crippen molar-refractivity contribution in [3.63, 3.8) is 0 Å². The minimum atomic E-state index is 0.0808. The minimum absolute atomic E-state index is 0.0808. The number of hydrogen-bond donors (Lipinski definition) is 2. The number of H-pyrrole nitrogens is 2. The zero-order chi connectivity index (χ0) is 18.7. The van der Waals surface area contributed by atoms with E-state index in [4.69, 9.17) is 0 Å². The van der Waals surface area contributed by atoms with Gasteiger partial charge in [0.25, 0.3) is 0 Å². The number of nitrogens with zero attached hydrogens (tertiary/aromatic N) is 1. The molecule has 2 aromatic heterocycles. The summed E-state index contributed by atoms with van der Waals surface area (Å²) in [6.45, 7) is 10.3. The highest BCUT2D eigenvalue weighted by Crippen LogP contribution is 2.37. The maximum Gasteiger partial charge on any atom is 0.193 e. The van der Waals surface area contributed by atoms with E-state index in [1.54, 1.807) is 6.07 Å². The van der Waals surface area contributed by atoms with E-state index in [0.29, 0.717) is 11.6 Å². The first-order valence-electron chi connectivity index (χ1n) is 9.34. The van der Waals surface area contributed by atoms with Crippen LogP contribution in [-0.4, -0.2) is 15.2 Å². The quantitative estimate of drug-likeness (QED) is 0.666. The van der Waals surface area contributed by atoms with Crippen molar-refractivity contribution in [3.05, 3.63) is 75.7 Å². The van der Waals surface area contributed by atoms with Gasteiger partial charge in [-0.3, -0.25) is 9.89 Å². The van der Waals surface area contributed by atoms with Crippen LogP contribution in [0.5, 0.6) is 0 Å². The van der Waals surface area contributed by atoms with E-state index in [1.165, 1.54) is 23.1 Å². The van der Waals surface area contributed by atoms with Gasteiger partial charge in [0.1, 0.15) is 0 Å². The third-order valence-electron chi connectivity index (χ3n) is 5.33. The molecule has 0 spiro atoms. The fourth-order valence-electron chi connectivity index (χ4n) is 3.64. The Morgan fingerprint density at radius 3 is 2.65 bits per heavy atom. The molecule has 1 saturated carbocycles. The third kappa shape index (κ3) is 3.36. The fourth-order valence-corrected chi connectivity index (χ4v) is 3.64. The summed E-state index contributed by atoms with van der Waals surface area (Å²) in [7, 11) is 0. The molecule has 0 saturated heterocycles. The second-order valence-electron chi connectivity index (χ2n) is 6.94. The van der Waals surface area contributed by atoms with Gasteiger partial charge in [-0.15, -0.1) is 13.2 Å². The highest BCUT2D eigenvalue weighted by atomic mass is 16.1. The van der Waals surface area contributed by atoms with E-state index in [0.717, 1.165) is 42.5 Å². The van der Waals surface area contributed by atoms with Crippen LogP contribution in [0.3, 0.4) is 0 Å². The Morgan fingerprint density at radius 1 is 1.23 bits per heavy atom. The molecule has 2 N–H and O–H groups in total. The molecule has 0 bridgehead atoms. The number of pyridine rings is 1. The van der Waals surface area contributed by atoms with E-state index in [1.807, 2.05) is 0 Å². The zero-order valence-corrected chi connectivity index (χ0v) is 15.7. The lowest BCUT2D eigenvalue weighted by Gasteiger charge is -2.23. The summed E-state index contributed by atoms with van der Waals surface area (Å²) in [5.74, 6) is 0.478. The molecule has 1 aliphatic carbocycles. The van der Waals surface area contributed by atoms with Crippen molar-refractivity contribution in [2.24, 2.45) is 0 Å². The lowest BCUT2D eigenvalue weighted by molar-refractivity contribution is 0.413. The van der Waals surface area contributed by atoms with Crippen molar-refractivity contribution in [2.45, 2.75) is 51.9 Å². The predicted octanol–water partition coefficient (Wildman–Crippen LogP) is 4.78. The summed E-state index contributed by atoms with van der Waals surface area (Å²) < 4.78 is 0. The smallest absolute Gasteiger partial charge is 0.193 e. The normalized spacial score (nSPS) is 13.9. The molecule has 0 aliphatic heterocycles. The van der Waals surface area contributed by atoms with Crippen LogP contribution in [0.25, 0.3) is 11.0 Å². The standard InChI is InChI=1S/C20H23N3O.C2H4/c1-3-14-9-13(8-7-12(14)2)10-16-11-17(24)18-19(15-5-4-6-15)22-23-20(18)21-16;1-2/h7-9,11,15H,3-6,10H2,1-2H3,(H2,21,22,23,24);1-2H2. The number of hydrogen-bond acceptors (Lipinski definition) is 2. The molecule has 0 unspecified atom stereocenters. The van der Waals surface area contributed by atoms with E-state index in [9.17, 15) is 4.79 Å². The van der Waals surface area contributed by atoms with Gasteiger partial charge in [-0.05, 0) is 42.9 Å². The molecule has 0 radical (unpaired) electrons. The highest BCUT2D eigenvalue weighted by molar-refractivity contribution is 5.78. The van der Waals surface area contributed by atoms with Gasteiger partial charge in [-0.25, -0.2) is 0 Å². The first-order valence-corrected chi connectivity index (χ1v) is 9.34. The highest BCUT2D eigenvalue weighted by Gasteiger charge is 2.25. The molecular formula is C22H27N3O. The number of nitrogens with one attached hydrogen (secondary N) is 2. The predicted molar refractivity (Wildman–Crippen MR) is 108 cm³/mol. The van der Waals surface area contributed by atoms with Crippen LogP contribution >= 0.6 is 0 Å². The number of fused-ring (bicyclic) bond motifs is 1. The Labute approximate surface area is 154 Å². The van der Waals surface area contributed by atoms with Crippen molar-refractivity contribution in [1.29, 1.82) is 0 Å². The second kappa shape index (κ2) is 7.73. The zero-order valence-electron chi connectivity index (χ0n) is 15.7.